The van der Waals surface area contributed by atoms with Crippen molar-refractivity contribution in [3.8, 4) is 5.69 Å². The van der Waals surface area contributed by atoms with Crippen LogP contribution in [0, 0.1) is 13.8 Å². The molecule has 2 aromatic rings. The van der Waals surface area contributed by atoms with Crippen molar-refractivity contribution >= 4 is 23.2 Å². The standard InChI is InChI=1S/C12H10Cl2N2O/c1-7-6-15-8(2)16(12(7)17)10-5-3-4-9(13)11(10)14/h3-6H,1-2H3. The molecule has 0 saturated carbocycles. The summed E-state index contributed by atoms with van der Waals surface area (Å²) in [6, 6.07) is 5.17. The first-order valence-electron chi connectivity index (χ1n) is 5.02. The van der Waals surface area contributed by atoms with Crippen LogP contribution in [0.4, 0.5) is 0 Å². The van der Waals surface area contributed by atoms with Crippen LogP contribution in [-0.4, -0.2) is 9.55 Å². The zero-order valence-electron chi connectivity index (χ0n) is 9.37. The van der Waals surface area contributed by atoms with Crippen LogP contribution in [0.5, 0.6) is 0 Å². The van der Waals surface area contributed by atoms with Gasteiger partial charge >= 0.3 is 0 Å². The van der Waals surface area contributed by atoms with Gasteiger partial charge in [0.2, 0.25) is 0 Å². The molecule has 17 heavy (non-hydrogen) atoms. The second-order valence-electron chi connectivity index (χ2n) is 3.70. The van der Waals surface area contributed by atoms with E-state index in [9.17, 15) is 4.79 Å². The molecule has 2 rings (SSSR count). The molecular formula is C12H10Cl2N2O. The molecule has 3 nitrogen and oxygen atoms in total. The van der Waals surface area contributed by atoms with Crippen LogP contribution in [0.1, 0.15) is 11.4 Å². The fourth-order valence-electron chi connectivity index (χ4n) is 1.58. The third-order valence-electron chi connectivity index (χ3n) is 2.48. The lowest BCUT2D eigenvalue weighted by molar-refractivity contribution is 0.855. The molecule has 0 aliphatic heterocycles. The summed E-state index contributed by atoms with van der Waals surface area (Å²) < 4.78 is 1.46. The second kappa shape index (κ2) is 4.51. The van der Waals surface area contributed by atoms with Crippen LogP contribution >= 0.6 is 23.2 Å². The smallest absolute Gasteiger partial charge is 0.261 e. The summed E-state index contributed by atoms with van der Waals surface area (Å²) in [6.07, 6.45) is 1.55. The summed E-state index contributed by atoms with van der Waals surface area (Å²) >= 11 is 12.0. The van der Waals surface area contributed by atoms with Crippen molar-refractivity contribution in [2.75, 3.05) is 0 Å². The van der Waals surface area contributed by atoms with Gasteiger partial charge in [0.25, 0.3) is 5.56 Å². The number of rotatable bonds is 1. The third kappa shape index (κ3) is 2.08. The Labute approximate surface area is 109 Å². The Morgan fingerprint density at radius 2 is 1.94 bits per heavy atom. The summed E-state index contributed by atoms with van der Waals surface area (Å²) in [4.78, 5) is 16.2. The lowest BCUT2D eigenvalue weighted by Gasteiger charge is -2.12. The minimum absolute atomic E-state index is 0.137. The van der Waals surface area contributed by atoms with E-state index in [1.54, 1.807) is 38.2 Å². The zero-order valence-corrected chi connectivity index (χ0v) is 10.9. The molecule has 1 aromatic carbocycles. The maximum Gasteiger partial charge on any atom is 0.261 e. The molecule has 0 aliphatic carbocycles. The molecule has 88 valence electrons. The molecule has 0 radical (unpaired) electrons. The summed E-state index contributed by atoms with van der Waals surface area (Å²) in [5.41, 5.74) is 0.978. The number of halogens is 2. The Bertz CT molecular complexity index is 635. The highest BCUT2D eigenvalue weighted by Crippen LogP contribution is 2.27. The van der Waals surface area contributed by atoms with E-state index < -0.39 is 0 Å². The van der Waals surface area contributed by atoms with Gasteiger partial charge in [-0.1, -0.05) is 29.3 Å². The summed E-state index contributed by atoms with van der Waals surface area (Å²) in [6.45, 7) is 3.46. The van der Waals surface area contributed by atoms with Crippen molar-refractivity contribution < 1.29 is 0 Å². The van der Waals surface area contributed by atoms with Crippen molar-refractivity contribution in [1.82, 2.24) is 9.55 Å². The molecule has 0 bridgehead atoms. The molecule has 0 unspecified atom stereocenters. The average Bonchev–Trinajstić information content (AvgIpc) is 2.30. The van der Waals surface area contributed by atoms with E-state index in [-0.39, 0.29) is 5.56 Å². The van der Waals surface area contributed by atoms with Gasteiger partial charge in [-0.15, -0.1) is 0 Å². The predicted molar refractivity (Wildman–Crippen MR) is 69.3 cm³/mol. The average molecular weight is 269 g/mol. The van der Waals surface area contributed by atoms with Crippen molar-refractivity contribution in [1.29, 1.82) is 0 Å². The van der Waals surface area contributed by atoms with E-state index in [0.29, 0.717) is 27.1 Å². The van der Waals surface area contributed by atoms with Crippen LogP contribution in [0.25, 0.3) is 5.69 Å². The van der Waals surface area contributed by atoms with Crippen LogP contribution in [0.15, 0.2) is 29.2 Å². The molecule has 1 heterocycles. The van der Waals surface area contributed by atoms with Crippen molar-refractivity contribution in [3.05, 3.63) is 56.2 Å². The van der Waals surface area contributed by atoms with Gasteiger partial charge in [0, 0.05) is 11.8 Å². The summed E-state index contributed by atoms with van der Waals surface area (Å²) in [7, 11) is 0. The van der Waals surface area contributed by atoms with Crippen LogP contribution in [0.3, 0.4) is 0 Å². The first-order valence-corrected chi connectivity index (χ1v) is 5.77. The van der Waals surface area contributed by atoms with Crippen LogP contribution in [-0.2, 0) is 0 Å². The molecule has 0 N–H and O–H groups in total. The SMILES string of the molecule is Cc1cnc(C)n(-c2cccc(Cl)c2Cl)c1=O. The lowest BCUT2D eigenvalue weighted by Crippen LogP contribution is -2.24. The number of aryl methyl sites for hydroxylation is 2. The zero-order chi connectivity index (χ0) is 12.6. The minimum Gasteiger partial charge on any atom is -0.269 e. The van der Waals surface area contributed by atoms with Gasteiger partial charge in [0.15, 0.2) is 0 Å². The van der Waals surface area contributed by atoms with Gasteiger partial charge in [0.05, 0.1) is 15.7 Å². The van der Waals surface area contributed by atoms with Gasteiger partial charge in [-0.05, 0) is 26.0 Å². The largest absolute Gasteiger partial charge is 0.269 e. The van der Waals surface area contributed by atoms with Crippen LogP contribution in [0.2, 0.25) is 10.0 Å². The van der Waals surface area contributed by atoms with Gasteiger partial charge in [0.1, 0.15) is 5.82 Å². The van der Waals surface area contributed by atoms with Gasteiger partial charge < -0.3 is 0 Å². The maximum atomic E-state index is 12.1. The molecule has 0 spiro atoms. The highest BCUT2D eigenvalue weighted by molar-refractivity contribution is 6.43. The maximum absolute atomic E-state index is 12.1. The highest BCUT2D eigenvalue weighted by Gasteiger charge is 2.11. The monoisotopic (exact) mass is 268 g/mol. The van der Waals surface area contributed by atoms with E-state index in [0.717, 1.165) is 0 Å². The fraction of sp³-hybridized carbons (Fsp3) is 0.167. The number of nitrogens with zero attached hydrogens (tertiary/aromatic N) is 2. The molecule has 0 saturated heterocycles. The molecule has 0 fully saturated rings. The minimum atomic E-state index is -0.137. The van der Waals surface area contributed by atoms with Crippen LogP contribution < -0.4 is 5.56 Å². The second-order valence-corrected chi connectivity index (χ2v) is 4.49. The van der Waals surface area contributed by atoms with E-state index >= 15 is 0 Å². The Hall–Kier alpha value is -1.32. The Morgan fingerprint density at radius 3 is 2.65 bits per heavy atom. The Kier molecular flexibility index (Phi) is 3.22. The Balaban J connectivity index is 2.82. The van der Waals surface area contributed by atoms with Gasteiger partial charge in [-0.3, -0.25) is 9.36 Å². The van der Waals surface area contributed by atoms with Gasteiger partial charge in [-0.25, -0.2) is 4.98 Å². The topological polar surface area (TPSA) is 34.9 Å². The number of hydrogen-bond donors (Lipinski definition) is 0. The normalized spacial score (nSPS) is 10.6. The number of benzene rings is 1. The highest BCUT2D eigenvalue weighted by atomic mass is 35.5. The van der Waals surface area contributed by atoms with E-state index in [1.165, 1.54) is 4.57 Å². The van der Waals surface area contributed by atoms with Crippen molar-refractivity contribution in [2.45, 2.75) is 13.8 Å². The van der Waals surface area contributed by atoms with E-state index in [4.69, 9.17) is 23.2 Å². The van der Waals surface area contributed by atoms with Gasteiger partial charge in [-0.2, -0.15) is 0 Å². The molecule has 5 heteroatoms. The molecule has 1 aromatic heterocycles. The predicted octanol–water partition coefficient (Wildman–Crippen LogP) is 3.16. The first kappa shape index (κ1) is 12.1. The molecular weight excluding hydrogens is 259 g/mol. The first-order chi connectivity index (χ1) is 8.02. The van der Waals surface area contributed by atoms with Crippen molar-refractivity contribution in [3.63, 3.8) is 0 Å². The molecule has 0 atom stereocenters. The summed E-state index contributed by atoms with van der Waals surface area (Å²) in [5.74, 6) is 0.574. The fourth-order valence-corrected chi connectivity index (χ4v) is 1.96. The van der Waals surface area contributed by atoms with E-state index in [1.807, 2.05) is 0 Å². The molecule has 0 amide bonds. The quantitative estimate of drug-likeness (QED) is 0.797. The lowest BCUT2D eigenvalue weighted by atomic mass is 10.3. The van der Waals surface area contributed by atoms with Crippen molar-refractivity contribution in [2.24, 2.45) is 0 Å². The third-order valence-corrected chi connectivity index (χ3v) is 3.29. The molecule has 0 aliphatic rings. The summed E-state index contributed by atoms with van der Waals surface area (Å²) in [5, 5.41) is 0.767. The Morgan fingerprint density at radius 1 is 1.24 bits per heavy atom. The number of hydrogen-bond acceptors (Lipinski definition) is 2. The number of aromatic nitrogens is 2. The van der Waals surface area contributed by atoms with E-state index in [2.05, 4.69) is 4.98 Å².